The maximum Gasteiger partial charge on any atom is 0.131 e. The first-order valence-electron chi connectivity index (χ1n) is 5.82. The van der Waals surface area contributed by atoms with E-state index in [1.54, 1.807) is 6.26 Å². The molecule has 0 aliphatic heterocycles. The smallest absolute Gasteiger partial charge is 0.131 e. The Morgan fingerprint density at radius 3 is 2.82 bits per heavy atom. The molecule has 17 heavy (non-hydrogen) atoms. The van der Waals surface area contributed by atoms with Crippen molar-refractivity contribution in [3.63, 3.8) is 0 Å². The molecule has 2 nitrogen and oxygen atoms in total. The lowest BCUT2D eigenvalue weighted by atomic mass is 10.1. The average Bonchev–Trinajstić information content (AvgIpc) is 2.78. The summed E-state index contributed by atoms with van der Waals surface area (Å²) in [6.07, 6.45) is 3.59. The van der Waals surface area contributed by atoms with Crippen LogP contribution >= 0.6 is 12.6 Å². The van der Waals surface area contributed by atoms with Crippen LogP contribution in [0.4, 0.5) is 5.69 Å². The molecule has 90 valence electrons. The van der Waals surface area contributed by atoms with E-state index >= 15 is 0 Å². The van der Waals surface area contributed by atoms with Crippen LogP contribution in [0.25, 0.3) is 0 Å². The summed E-state index contributed by atoms with van der Waals surface area (Å²) in [5.41, 5.74) is 3.67. The number of nitrogens with one attached hydrogen (secondary N) is 1. The van der Waals surface area contributed by atoms with Crippen LogP contribution in [-0.2, 0) is 12.8 Å². The van der Waals surface area contributed by atoms with E-state index in [2.05, 4.69) is 49.1 Å². The van der Waals surface area contributed by atoms with Gasteiger partial charge in [0.05, 0.1) is 17.8 Å². The van der Waals surface area contributed by atoms with Crippen molar-refractivity contribution < 1.29 is 4.42 Å². The maximum atomic E-state index is 5.50. The molecule has 0 amide bonds. The summed E-state index contributed by atoms with van der Waals surface area (Å²) >= 11 is 4.16. The molecule has 0 saturated heterocycles. The molecule has 0 bridgehead atoms. The Hall–Kier alpha value is -1.35. The summed E-state index contributed by atoms with van der Waals surface area (Å²) < 4.78 is 5.50. The van der Waals surface area contributed by atoms with Gasteiger partial charge in [0.1, 0.15) is 5.76 Å². The van der Waals surface area contributed by atoms with Crippen LogP contribution in [-0.4, -0.2) is 5.88 Å². The molecule has 2 aromatic rings. The van der Waals surface area contributed by atoms with Crippen molar-refractivity contribution in [2.45, 2.75) is 19.8 Å². The number of hydrogen-bond acceptors (Lipinski definition) is 3. The molecule has 1 N–H and O–H groups in total. The fourth-order valence-corrected chi connectivity index (χ4v) is 2.04. The maximum absolute atomic E-state index is 5.50. The second kappa shape index (κ2) is 5.82. The molecule has 0 aliphatic carbocycles. The van der Waals surface area contributed by atoms with Gasteiger partial charge in [-0.2, -0.15) is 12.6 Å². The van der Waals surface area contributed by atoms with Crippen LogP contribution < -0.4 is 5.32 Å². The van der Waals surface area contributed by atoms with Crippen molar-refractivity contribution in [1.29, 1.82) is 0 Å². The lowest BCUT2D eigenvalue weighted by Crippen LogP contribution is -1.97. The van der Waals surface area contributed by atoms with Gasteiger partial charge in [0.25, 0.3) is 0 Å². The number of furan rings is 1. The Kier molecular flexibility index (Phi) is 4.15. The van der Waals surface area contributed by atoms with Crippen LogP contribution in [0.1, 0.15) is 23.8 Å². The lowest BCUT2D eigenvalue weighted by Gasteiger charge is -2.05. The van der Waals surface area contributed by atoms with Gasteiger partial charge in [-0.25, -0.2) is 0 Å². The third-order valence-electron chi connectivity index (χ3n) is 2.78. The molecule has 2 rings (SSSR count). The summed E-state index contributed by atoms with van der Waals surface area (Å²) in [5.74, 6) is 1.58. The Morgan fingerprint density at radius 2 is 2.06 bits per heavy atom. The van der Waals surface area contributed by atoms with Gasteiger partial charge >= 0.3 is 0 Å². The first-order chi connectivity index (χ1) is 8.33. The van der Waals surface area contributed by atoms with Gasteiger partial charge in [0.15, 0.2) is 0 Å². The number of rotatable bonds is 5. The third-order valence-corrected chi connectivity index (χ3v) is 2.94. The number of benzene rings is 1. The quantitative estimate of drug-likeness (QED) is 0.621. The molecule has 0 aliphatic rings. The minimum atomic E-state index is 0.613. The van der Waals surface area contributed by atoms with E-state index < -0.39 is 0 Å². The van der Waals surface area contributed by atoms with E-state index in [1.807, 2.05) is 6.07 Å². The fourth-order valence-electron chi connectivity index (χ4n) is 1.87. The lowest BCUT2D eigenvalue weighted by molar-refractivity contribution is 0.522. The van der Waals surface area contributed by atoms with Crippen LogP contribution in [0.3, 0.4) is 0 Å². The Morgan fingerprint density at radius 1 is 1.24 bits per heavy atom. The predicted octanol–water partition coefficient (Wildman–Crippen LogP) is 3.73. The van der Waals surface area contributed by atoms with E-state index in [4.69, 9.17) is 4.42 Å². The normalized spacial score (nSPS) is 10.5. The molecule has 0 spiro atoms. The highest BCUT2D eigenvalue weighted by Crippen LogP contribution is 2.21. The highest BCUT2D eigenvalue weighted by atomic mass is 32.1. The second-order valence-corrected chi connectivity index (χ2v) is 4.26. The Bertz CT molecular complexity index is 479. The Labute approximate surface area is 107 Å². The van der Waals surface area contributed by atoms with Crippen molar-refractivity contribution >= 4 is 18.3 Å². The molecule has 0 radical (unpaired) electrons. The van der Waals surface area contributed by atoms with Crippen LogP contribution in [0.15, 0.2) is 41.0 Å². The summed E-state index contributed by atoms with van der Waals surface area (Å²) in [6, 6.07) is 10.6. The van der Waals surface area contributed by atoms with E-state index in [0.717, 1.165) is 24.3 Å². The van der Waals surface area contributed by atoms with E-state index in [9.17, 15) is 0 Å². The van der Waals surface area contributed by atoms with Crippen molar-refractivity contribution in [2.75, 3.05) is 11.2 Å². The molecule has 0 saturated carbocycles. The van der Waals surface area contributed by atoms with Crippen LogP contribution in [0.2, 0.25) is 0 Å². The molecule has 1 aromatic carbocycles. The van der Waals surface area contributed by atoms with Crippen molar-refractivity contribution in [3.8, 4) is 0 Å². The zero-order valence-electron chi connectivity index (χ0n) is 9.94. The van der Waals surface area contributed by atoms with Crippen molar-refractivity contribution in [1.82, 2.24) is 0 Å². The molecular weight excluding hydrogens is 230 g/mol. The van der Waals surface area contributed by atoms with Crippen molar-refractivity contribution in [3.05, 3.63) is 53.5 Å². The van der Waals surface area contributed by atoms with Gasteiger partial charge in [0, 0.05) is 6.42 Å². The highest BCUT2D eigenvalue weighted by Gasteiger charge is 2.06. The molecule has 3 heteroatoms. The summed E-state index contributed by atoms with van der Waals surface area (Å²) in [4.78, 5) is 0. The van der Waals surface area contributed by atoms with Crippen LogP contribution in [0, 0.1) is 0 Å². The largest absolute Gasteiger partial charge is 0.467 e. The van der Waals surface area contributed by atoms with Gasteiger partial charge in [-0.3, -0.25) is 0 Å². The monoisotopic (exact) mass is 247 g/mol. The van der Waals surface area contributed by atoms with Gasteiger partial charge < -0.3 is 9.73 Å². The molecule has 1 heterocycles. The van der Waals surface area contributed by atoms with Crippen LogP contribution in [0.5, 0.6) is 0 Å². The van der Waals surface area contributed by atoms with E-state index in [0.29, 0.717) is 5.88 Å². The number of thiol groups is 1. The zero-order valence-corrected chi connectivity index (χ0v) is 10.8. The zero-order chi connectivity index (χ0) is 12.1. The molecular formula is C14H17NOS. The predicted molar refractivity (Wildman–Crippen MR) is 74.8 cm³/mol. The Balaban J connectivity index is 2.16. The van der Waals surface area contributed by atoms with E-state index in [-0.39, 0.29) is 0 Å². The number of aryl methyl sites for hydroxylation is 1. The van der Waals surface area contributed by atoms with Gasteiger partial charge in [-0.1, -0.05) is 31.2 Å². The number of anilines is 1. The molecule has 1 aromatic heterocycles. The average molecular weight is 247 g/mol. The van der Waals surface area contributed by atoms with Gasteiger partial charge in [0.2, 0.25) is 0 Å². The third kappa shape index (κ3) is 3.07. The minimum absolute atomic E-state index is 0.613. The summed E-state index contributed by atoms with van der Waals surface area (Å²) in [6.45, 7) is 2.17. The van der Waals surface area contributed by atoms with Crippen molar-refractivity contribution in [2.24, 2.45) is 0 Å². The van der Waals surface area contributed by atoms with Gasteiger partial charge in [-0.15, -0.1) is 0 Å². The second-order valence-electron chi connectivity index (χ2n) is 3.94. The first-order valence-corrected chi connectivity index (χ1v) is 6.45. The summed E-state index contributed by atoms with van der Waals surface area (Å²) in [5, 5.41) is 3.18. The summed E-state index contributed by atoms with van der Waals surface area (Å²) in [7, 11) is 0. The highest BCUT2D eigenvalue weighted by molar-refractivity contribution is 7.80. The molecule has 0 fully saturated rings. The first kappa shape index (κ1) is 12.1. The van der Waals surface area contributed by atoms with Gasteiger partial charge in [-0.05, 0) is 23.6 Å². The fraction of sp³-hybridized carbons (Fsp3) is 0.286. The topological polar surface area (TPSA) is 25.2 Å². The molecule has 0 atom stereocenters. The SMILES string of the molecule is CCc1cccc(Cc2occc2NCS)c1. The minimum Gasteiger partial charge on any atom is -0.467 e. The number of hydrogen-bond donors (Lipinski definition) is 2. The van der Waals surface area contributed by atoms with E-state index in [1.165, 1.54) is 11.1 Å². The molecule has 0 unspecified atom stereocenters. The standard InChI is InChI=1S/C14H17NOS/c1-2-11-4-3-5-12(8-11)9-14-13(15-10-17)6-7-16-14/h3-8,15,17H,2,9-10H2,1H3.